The average molecular weight is 528 g/mol. The molecule has 0 saturated heterocycles. The van der Waals surface area contributed by atoms with Crippen molar-refractivity contribution in [3.63, 3.8) is 0 Å². The Labute approximate surface area is 190 Å². The van der Waals surface area contributed by atoms with E-state index in [9.17, 15) is 4.79 Å². The molecule has 3 rings (SSSR count). The summed E-state index contributed by atoms with van der Waals surface area (Å²) in [6.45, 7) is 4.58. The number of fused-ring (bicyclic) bond motifs is 1. The molecular formula is C19H25IN6O2S. The topological polar surface area (TPSA) is 111 Å². The molecule has 1 aromatic carbocycles. The minimum atomic E-state index is -0.242. The van der Waals surface area contributed by atoms with Crippen LogP contribution in [0.15, 0.2) is 28.0 Å². The number of thioether (sulfide) groups is 1. The molecular weight excluding hydrogens is 503 g/mol. The Hall–Kier alpha value is -2.08. The van der Waals surface area contributed by atoms with Crippen LogP contribution in [0.3, 0.4) is 0 Å². The van der Waals surface area contributed by atoms with Crippen molar-refractivity contribution in [3.05, 3.63) is 34.2 Å². The Kier molecular flexibility index (Phi) is 8.08. The number of ether oxygens (including phenoxy) is 1. The van der Waals surface area contributed by atoms with Crippen molar-refractivity contribution >= 4 is 57.6 Å². The molecule has 2 heterocycles. The van der Waals surface area contributed by atoms with Crippen LogP contribution in [0.25, 0.3) is 22.4 Å². The number of amidine groups is 1. The highest BCUT2D eigenvalue weighted by molar-refractivity contribution is 14.0. The van der Waals surface area contributed by atoms with Crippen molar-refractivity contribution in [3.8, 4) is 17.1 Å². The number of hydrogen-bond acceptors (Lipinski definition) is 6. The summed E-state index contributed by atoms with van der Waals surface area (Å²) >= 11 is 1.36. The Morgan fingerprint density at radius 3 is 2.79 bits per heavy atom. The first-order valence-corrected chi connectivity index (χ1v) is 10.3. The van der Waals surface area contributed by atoms with Gasteiger partial charge in [-0.25, -0.2) is 9.98 Å². The van der Waals surface area contributed by atoms with Crippen molar-refractivity contribution in [2.24, 2.45) is 17.8 Å². The first-order chi connectivity index (χ1) is 13.5. The Balaban J connectivity index is 0.00000300. The number of nitrogens with zero attached hydrogens (tertiary/aromatic N) is 4. The fourth-order valence-electron chi connectivity index (χ4n) is 2.90. The van der Waals surface area contributed by atoms with E-state index in [1.165, 1.54) is 11.8 Å². The zero-order valence-electron chi connectivity index (χ0n) is 16.9. The van der Waals surface area contributed by atoms with Gasteiger partial charge in [0, 0.05) is 7.05 Å². The first-order valence-electron chi connectivity index (χ1n) is 9.09. The minimum Gasteiger partial charge on any atom is -0.493 e. The summed E-state index contributed by atoms with van der Waals surface area (Å²) in [7, 11) is 1.74. The Morgan fingerprint density at radius 2 is 2.14 bits per heavy atom. The summed E-state index contributed by atoms with van der Waals surface area (Å²) in [5.41, 5.74) is 8.76. The van der Waals surface area contributed by atoms with Gasteiger partial charge in [-0.2, -0.15) is 5.10 Å². The highest BCUT2D eigenvalue weighted by Crippen LogP contribution is 2.32. The van der Waals surface area contributed by atoms with Crippen molar-refractivity contribution in [1.29, 1.82) is 0 Å². The van der Waals surface area contributed by atoms with Gasteiger partial charge in [0.05, 0.1) is 23.6 Å². The fourth-order valence-corrected chi connectivity index (χ4v) is 3.09. The zero-order chi connectivity index (χ0) is 20.3. The molecule has 0 atom stereocenters. The molecule has 0 aliphatic heterocycles. The highest BCUT2D eigenvalue weighted by atomic mass is 127. The largest absolute Gasteiger partial charge is 0.493 e. The molecule has 0 saturated carbocycles. The third-order valence-electron chi connectivity index (χ3n) is 4.23. The van der Waals surface area contributed by atoms with Crippen LogP contribution in [0, 0.1) is 0 Å². The lowest BCUT2D eigenvalue weighted by atomic mass is 10.1. The number of halogens is 1. The molecule has 0 unspecified atom stereocenters. The number of benzene rings is 1. The number of hydrogen-bond donors (Lipinski definition) is 2. The van der Waals surface area contributed by atoms with E-state index in [0.717, 1.165) is 12.1 Å². The van der Waals surface area contributed by atoms with Gasteiger partial charge in [0.1, 0.15) is 17.1 Å². The Morgan fingerprint density at radius 1 is 1.38 bits per heavy atom. The van der Waals surface area contributed by atoms with Crippen molar-refractivity contribution in [2.45, 2.75) is 26.7 Å². The molecule has 3 N–H and O–H groups in total. The third-order valence-corrected chi connectivity index (χ3v) is 4.74. The molecule has 156 valence electrons. The van der Waals surface area contributed by atoms with Crippen molar-refractivity contribution in [1.82, 2.24) is 19.7 Å². The number of nitrogens with two attached hydrogens (primary N) is 1. The maximum absolute atomic E-state index is 12.7. The highest BCUT2D eigenvalue weighted by Gasteiger charge is 2.17. The summed E-state index contributed by atoms with van der Waals surface area (Å²) in [4.78, 5) is 24.6. The summed E-state index contributed by atoms with van der Waals surface area (Å²) in [6, 6.07) is 5.47. The molecule has 0 aliphatic carbocycles. The quantitative estimate of drug-likeness (QED) is 0.287. The van der Waals surface area contributed by atoms with Crippen LogP contribution >= 0.6 is 35.7 Å². The summed E-state index contributed by atoms with van der Waals surface area (Å²) in [6.07, 6.45) is 3.41. The molecule has 8 nitrogen and oxygen atoms in total. The van der Waals surface area contributed by atoms with E-state index < -0.39 is 0 Å². The van der Waals surface area contributed by atoms with Gasteiger partial charge in [-0.1, -0.05) is 25.6 Å². The van der Waals surface area contributed by atoms with Crippen LogP contribution in [0.1, 0.15) is 26.0 Å². The summed E-state index contributed by atoms with van der Waals surface area (Å²) in [5.74, 6) is 1.05. The number of aromatic amines is 1. The lowest BCUT2D eigenvalue weighted by Gasteiger charge is -2.11. The fraction of sp³-hybridized carbons (Fsp3) is 0.368. The van der Waals surface area contributed by atoms with Gasteiger partial charge in [0.2, 0.25) is 0 Å². The van der Waals surface area contributed by atoms with Gasteiger partial charge in [-0.15, -0.1) is 24.0 Å². The average Bonchev–Trinajstić information content (AvgIpc) is 3.02. The normalized spacial score (nSPS) is 11.5. The number of aliphatic imine (C=N–C) groups is 1. The van der Waals surface area contributed by atoms with Crippen LogP contribution in [-0.2, 0) is 13.5 Å². The van der Waals surface area contributed by atoms with Crippen LogP contribution in [0.2, 0.25) is 0 Å². The second-order valence-electron chi connectivity index (χ2n) is 6.22. The van der Waals surface area contributed by atoms with Gasteiger partial charge in [0.15, 0.2) is 10.7 Å². The van der Waals surface area contributed by atoms with Gasteiger partial charge in [-0.05, 0) is 37.3 Å². The molecule has 0 fully saturated rings. The molecule has 0 radical (unpaired) electrons. The van der Waals surface area contributed by atoms with E-state index in [1.54, 1.807) is 11.7 Å². The molecule has 3 aromatic rings. The van der Waals surface area contributed by atoms with Crippen LogP contribution in [0.4, 0.5) is 5.69 Å². The molecule has 10 heteroatoms. The van der Waals surface area contributed by atoms with E-state index in [-0.39, 0.29) is 29.5 Å². The summed E-state index contributed by atoms with van der Waals surface area (Å²) in [5, 5.41) is 4.86. The molecule has 2 aromatic heterocycles. The van der Waals surface area contributed by atoms with E-state index >= 15 is 0 Å². The Bertz CT molecular complexity index is 1090. The standard InChI is InChI=1S/C19H24N6O2S.HI/c1-5-9-27-14-8-7-11(21-19(20)28-4)10-12(14)17-22-15-13(6-2)24-25(3)16(15)18(26)23-17;/h7-8,10H,5-6,9H2,1-4H3,(H2,20,21)(H,22,23,26);1H. The monoisotopic (exact) mass is 528 g/mol. The van der Waals surface area contributed by atoms with E-state index in [4.69, 9.17) is 15.5 Å². The smallest absolute Gasteiger partial charge is 0.277 e. The number of aryl methyl sites for hydroxylation is 2. The molecule has 29 heavy (non-hydrogen) atoms. The van der Waals surface area contributed by atoms with Crippen LogP contribution in [0.5, 0.6) is 5.75 Å². The first kappa shape index (κ1) is 23.2. The van der Waals surface area contributed by atoms with Gasteiger partial charge in [-0.3, -0.25) is 9.48 Å². The van der Waals surface area contributed by atoms with Crippen molar-refractivity contribution in [2.75, 3.05) is 12.9 Å². The maximum Gasteiger partial charge on any atom is 0.277 e. The van der Waals surface area contributed by atoms with Crippen LogP contribution < -0.4 is 16.0 Å². The van der Waals surface area contributed by atoms with Crippen molar-refractivity contribution < 1.29 is 4.74 Å². The zero-order valence-corrected chi connectivity index (χ0v) is 20.0. The van der Waals surface area contributed by atoms with Gasteiger partial charge >= 0.3 is 0 Å². The number of aromatic nitrogens is 4. The predicted molar refractivity (Wildman–Crippen MR) is 130 cm³/mol. The number of nitrogens with one attached hydrogen (secondary N) is 1. The molecule has 0 amide bonds. The van der Waals surface area contributed by atoms with Crippen LogP contribution in [-0.4, -0.2) is 37.8 Å². The lowest BCUT2D eigenvalue weighted by molar-refractivity contribution is 0.318. The SMILES string of the molecule is CCCOc1ccc(N=C(N)SC)cc1-c1nc2c(CC)nn(C)c2c(=O)[nH]1.I. The number of H-pyrrole nitrogens is 1. The van der Waals surface area contributed by atoms with Gasteiger partial charge < -0.3 is 15.5 Å². The van der Waals surface area contributed by atoms with Gasteiger partial charge in [0.25, 0.3) is 5.56 Å². The molecule has 0 bridgehead atoms. The number of rotatable bonds is 6. The lowest BCUT2D eigenvalue weighted by Crippen LogP contribution is -2.13. The molecule has 0 aliphatic rings. The summed E-state index contributed by atoms with van der Waals surface area (Å²) < 4.78 is 7.44. The predicted octanol–water partition coefficient (Wildman–Crippen LogP) is 3.60. The van der Waals surface area contributed by atoms with E-state index in [0.29, 0.717) is 52.1 Å². The second kappa shape index (κ2) is 10.1. The van der Waals surface area contributed by atoms with E-state index in [2.05, 4.69) is 15.1 Å². The van der Waals surface area contributed by atoms with E-state index in [1.807, 2.05) is 38.3 Å². The second-order valence-corrected chi connectivity index (χ2v) is 7.05. The maximum atomic E-state index is 12.7. The molecule has 0 spiro atoms. The third kappa shape index (κ3) is 4.92. The minimum absolute atomic E-state index is 0.